The van der Waals surface area contributed by atoms with E-state index in [0.29, 0.717) is 0 Å². The average Bonchev–Trinajstić information content (AvgIpc) is 2.50. The quantitative estimate of drug-likeness (QED) is 0.696. The van der Waals surface area contributed by atoms with E-state index in [2.05, 4.69) is 5.32 Å². The number of carboxylic acids is 1. The Bertz CT molecular complexity index is 722. The number of amides is 1. The molecule has 1 aromatic carbocycles. The van der Waals surface area contributed by atoms with Gasteiger partial charge < -0.3 is 15.2 Å². The zero-order valence-corrected chi connectivity index (χ0v) is 15.0. The highest BCUT2D eigenvalue weighted by atomic mass is 35.5. The third-order valence-electron chi connectivity index (χ3n) is 3.21. The minimum absolute atomic E-state index is 0.0327. The molecule has 0 fully saturated rings. The molecule has 0 bridgehead atoms. The van der Waals surface area contributed by atoms with Gasteiger partial charge in [0, 0.05) is 25.0 Å². The molecule has 0 spiro atoms. The van der Waals surface area contributed by atoms with Gasteiger partial charge >= 0.3 is 5.97 Å². The predicted molar refractivity (Wildman–Crippen MR) is 87.7 cm³/mol. The number of benzene rings is 1. The van der Waals surface area contributed by atoms with Crippen LogP contribution in [0.3, 0.4) is 0 Å². The van der Waals surface area contributed by atoms with E-state index in [4.69, 9.17) is 16.3 Å². The molecule has 1 unspecified atom stereocenters. The maximum atomic E-state index is 12.9. The number of sulfonamides is 1. The summed E-state index contributed by atoms with van der Waals surface area (Å²) in [6.07, 6.45) is 0. The molecular formula is C14H19ClN2O6S. The summed E-state index contributed by atoms with van der Waals surface area (Å²) in [6.45, 7) is 2.27. The number of methoxy groups -OCH3 is 1. The summed E-state index contributed by atoms with van der Waals surface area (Å²) in [5, 5.41) is 11.8. The Balaban J connectivity index is 3.30. The van der Waals surface area contributed by atoms with Gasteiger partial charge in [-0.05, 0) is 25.1 Å². The van der Waals surface area contributed by atoms with E-state index in [1.165, 1.54) is 39.2 Å². The van der Waals surface area contributed by atoms with Crippen LogP contribution in [0.25, 0.3) is 0 Å². The Hall–Kier alpha value is -1.84. The van der Waals surface area contributed by atoms with Crippen LogP contribution in [0.15, 0.2) is 23.1 Å². The zero-order chi connectivity index (χ0) is 18.5. The molecule has 10 heteroatoms. The van der Waals surface area contributed by atoms with E-state index in [0.717, 1.165) is 4.31 Å². The van der Waals surface area contributed by atoms with Crippen molar-refractivity contribution in [2.45, 2.75) is 24.8 Å². The first-order valence-electron chi connectivity index (χ1n) is 6.94. The number of carbonyl (C=O) groups is 2. The Morgan fingerprint density at radius 3 is 2.54 bits per heavy atom. The summed E-state index contributed by atoms with van der Waals surface area (Å²) in [6, 6.07) is 2.69. The fourth-order valence-electron chi connectivity index (χ4n) is 1.97. The largest absolute Gasteiger partial charge is 0.495 e. The number of halogens is 1. The van der Waals surface area contributed by atoms with Crippen molar-refractivity contribution < 1.29 is 27.9 Å². The SMILES string of the molecule is COc1ccc(Cl)cc1S(=O)(=O)N(CCNC(C)=O)C(C)C(=O)O. The Morgan fingerprint density at radius 2 is 2.04 bits per heavy atom. The standard InChI is InChI=1S/C14H19ClN2O6S/c1-9(14(19)20)17(7-6-16-10(2)18)24(21,22)13-8-11(15)4-5-12(13)23-3/h4-5,8-9H,6-7H2,1-3H3,(H,16,18)(H,19,20). The van der Waals surface area contributed by atoms with Crippen molar-refractivity contribution in [1.82, 2.24) is 9.62 Å². The summed E-state index contributed by atoms with van der Waals surface area (Å²) in [4.78, 5) is 22.0. The molecule has 134 valence electrons. The molecular weight excluding hydrogens is 360 g/mol. The second-order valence-corrected chi connectivity index (χ2v) is 7.20. The number of nitrogens with one attached hydrogen (secondary N) is 1. The third kappa shape index (κ3) is 4.83. The number of carbonyl (C=O) groups excluding carboxylic acids is 1. The molecule has 0 aromatic heterocycles. The highest BCUT2D eigenvalue weighted by Gasteiger charge is 2.34. The number of ether oxygens (including phenoxy) is 1. The minimum Gasteiger partial charge on any atom is -0.495 e. The predicted octanol–water partition coefficient (Wildman–Crippen LogP) is 0.948. The normalized spacial score (nSPS) is 12.7. The van der Waals surface area contributed by atoms with Gasteiger partial charge in [-0.2, -0.15) is 4.31 Å². The second-order valence-electron chi connectivity index (χ2n) is 4.91. The van der Waals surface area contributed by atoms with Gasteiger partial charge in [0.2, 0.25) is 15.9 Å². The number of nitrogens with zero attached hydrogens (tertiary/aromatic N) is 1. The molecule has 0 radical (unpaired) electrons. The number of hydrogen-bond acceptors (Lipinski definition) is 5. The van der Waals surface area contributed by atoms with Crippen LogP contribution in [0.1, 0.15) is 13.8 Å². The zero-order valence-electron chi connectivity index (χ0n) is 13.4. The summed E-state index contributed by atoms with van der Waals surface area (Å²) in [7, 11) is -2.92. The molecule has 1 amide bonds. The molecule has 8 nitrogen and oxygen atoms in total. The van der Waals surface area contributed by atoms with Gasteiger partial charge in [0.25, 0.3) is 0 Å². The fourth-order valence-corrected chi connectivity index (χ4v) is 3.97. The van der Waals surface area contributed by atoms with Gasteiger partial charge in [-0.3, -0.25) is 9.59 Å². The van der Waals surface area contributed by atoms with Gasteiger partial charge in [-0.1, -0.05) is 11.6 Å². The summed E-state index contributed by atoms with van der Waals surface area (Å²) < 4.78 is 31.6. The monoisotopic (exact) mass is 378 g/mol. The van der Waals surface area contributed by atoms with Crippen LogP contribution >= 0.6 is 11.6 Å². The van der Waals surface area contributed by atoms with Crippen molar-refractivity contribution in [2.75, 3.05) is 20.2 Å². The topological polar surface area (TPSA) is 113 Å². The van der Waals surface area contributed by atoms with Gasteiger partial charge in [0.05, 0.1) is 7.11 Å². The van der Waals surface area contributed by atoms with Gasteiger partial charge in [-0.15, -0.1) is 0 Å². The number of carboxylic acid groups (broad SMARTS) is 1. The fraction of sp³-hybridized carbons (Fsp3) is 0.429. The van der Waals surface area contributed by atoms with Gasteiger partial charge in [0.15, 0.2) is 0 Å². The third-order valence-corrected chi connectivity index (χ3v) is 5.43. The number of rotatable bonds is 8. The lowest BCUT2D eigenvalue weighted by Crippen LogP contribution is -2.46. The van der Waals surface area contributed by atoms with Crippen LogP contribution in [0.5, 0.6) is 5.75 Å². The van der Waals surface area contributed by atoms with Crippen molar-refractivity contribution in [3.05, 3.63) is 23.2 Å². The lowest BCUT2D eigenvalue weighted by atomic mass is 10.3. The highest BCUT2D eigenvalue weighted by molar-refractivity contribution is 7.89. The van der Waals surface area contributed by atoms with E-state index in [1.54, 1.807) is 0 Å². The van der Waals surface area contributed by atoms with E-state index in [1.807, 2.05) is 0 Å². The lowest BCUT2D eigenvalue weighted by Gasteiger charge is -2.26. The number of aliphatic carboxylic acids is 1. The Labute approximate surface area is 145 Å². The van der Waals surface area contributed by atoms with E-state index < -0.39 is 22.0 Å². The van der Waals surface area contributed by atoms with E-state index in [9.17, 15) is 23.1 Å². The van der Waals surface area contributed by atoms with E-state index >= 15 is 0 Å². The first-order valence-corrected chi connectivity index (χ1v) is 8.75. The minimum atomic E-state index is -4.22. The second kappa shape index (κ2) is 8.32. The molecule has 0 saturated carbocycles. The van der Waals surface area contributed by atoms with Crippen LogP contribution in [0, 0.1) is 0 Å². The molecule has 1 atom stereocenters. The first-order chi connectivity index (χ1) is 11.1. The van der Waals surface area contributed by atoms with E-state index in [-0.39, 0.29) is 34.7 Å². The molecule has 24 heavy (non-hydrogen) atoms. The van der Waals surface area contributed by atoms with Crippen molar-refractivity contribution in [3.8, 4) is 5.75 Å². The molecule has 0 aliphatic heterocycles. The summed E-state index contributed by atoms with van der Waals surface area (Å²) in [5.74, 6) is -1.63. The molecule has 0 heterocycles. The van der Waals surface area contributed by atoms with Crippen molar-refractivity contribution in [1.29, 1.82) is 0 Å². The summed E-state index contributed by atoms with van der Waals surface area (Å²) in [5.41, 5.74) is 0. The molecule has 0 saturated heterocycles. The maximum Gasteiger partial charge on any atom is 0.321 e. The molecule has 0 aliphatic rings. The summed E-state index contributed by atoms with van der Waals surface area (Å²) >= 11 is 5.86. The Morgan fingerprint density at radius 1 is 1.42 bits per heavy atom. The van der Waals surface area contributed by atoms with Crippen LogP contribution in [-0.4, -0.2) is 55.9 Å². The Kier molecular flexibility index (Phi) is 7.00. The molecule has 1 aromatic rings. The van der Waals surface area contributed by atoms with Crippen LogP contribution in [0.4, 0.5) is 0 Å². The van der Waals surface area contributed by atoms with Crippen molar-refractivity contribution in [3.63, 3.8) is 0 Å². The van der Waals surface area contributed by atoms with Crippen molar-refractivity contribution >= 4 is 33.5 Å². The average molecular weight is 379 g/mol. The van der Waals surface area contributed by atoms with Crippen LogP contribution in [0.2, 0.25) is 5.02 Å². The molecule has 0 aliphatic carbocycles. The van der Waals surface area contributed by atoms with Gasteiger partial charge in [-0.25, -0.2) is 8.42 Å². The highest BCUT2D eigenvalue weighted by Crippen LogP contribution is 2.30. The lowest BCUT2D eigenvalue weighted by molar-refractivity contribution is -0.140. The van der Waals surface area contributed by atoms with Crippen LogP contribution in [-0.2, 0) is 19.6 Å². The first kappa shape index (κ1) is 20.2. The van der Waals surface area contributed by atoms with Crippen LogP contribution < -0.4 is 10.1 Å². The smallest absolute Gasteiger partial charge is 0.321 e. The number of hydrogen-bond donors (Lipinski definition) is 2. The van der Waals surface area contributed by atoms with Gasteiger partial charge in [0.1, 0.15) is 16.7 Å². The molecule has 1 rings (SSSR count). The molecule has 2 N–H and O–H groups in total. The van der Waals surface area contributed by atoms with Crippen molar-refractivity contribution in [2.24, 2.45) is 0 Å². The maximum absolute atomic E-state index is 12.9.